The van der Waals surface area contributed by atoms with Crippen LogP contribution in [0.4, 0.5) is 0 Å². The molecule has 50 heavy (non-hydrogen) atoms. The van der Waals surface area contributed by atoms with E-state index in [-0.39, 0.29) is 32.0 Å². The lowest BCUT2D eigenvalue weighted by atomic mass is 10.0. The van der Waals surface area contributed by atoms with Crippen molar-refractivity contribution in [3.05, 3.63) is 12.2 Å². The average molecular weight is 732 g/mol. The number of ether oxygens (including phenoxy) is 2. The third-order valence-corrected chi connectivity index (χ3v) is 9.75. The zero-order valence-corrected chi connectivity index (χ0v) is 34.0. The molecule has 296 valence electrons. The zero-order chi connectivity index (χ0) is 37.2. The molecule has 0 bridgehead atoms. The van der Waals surface area contributed by atoms with Crippen molar-refractivity contribution >= 4 is 19.8 Å². The molecular formula is C40H78NO8P. The Balaban J connectivity index is 4.42. The Morgan fingerprint density at radius 3 is 1.50 bits per heavy atom. The molecule has 0 spiro atoms. The molecule has 0 heterocycles. The molecule has 0 fully saturated rings. The summed E-state index contributed by atoms with van der Waals surface area (Å²) in [5.74, 6) is -0.848. The molecule has 0 aromatic carbocycles. The summed E-state index contributed by atoms with van der Waals surface area (Å²) < 4.78 is 33.8. The number of unbranched alkanes of at least 4 members (excludes halogenated alkanes) is 21. The Kier molecular flexibility index (Phi) is 32.7. The van der Waals surface area contributed by atoms with Gasteiger partial charge in [-0.05, 0) is 38.5 Å². The fourth-order valence-electron chi connectivity index (χ4n) is 5.53. The number of carbonyl (C=O) groups is 2. The second kappa shape index (κ2) is 33.6. The largest absolute Gasteiger partial charge is 0.756 e. The van der Waals surface area contributed by atoms with Gasteiger partial charge in [0.25, 0.3) is 7.82 Å². The highest BCUT2D eigenvalue weighted by Gasteiger charge is 2.21. The molecule has 0 saturated carbocycles. The number of allylic oxidation sites excluding steroid dienone is 2. The van der Waals surface area contributed by atoms with E-state index < -0.39 is 26.5 Å². The molecule has 0 aromatic heterocycles. The number of phosphoric ester groups is 1. The van der Waals surface area contributed by atoms with Crippen molar-refractivity contribution in [1.82, 2.24) is 0 Å². The first kappa shape index (κ1) is 48.8. The highest BCUT2D eigenvalue weighted by Crippen LogP contribution is 2.38. The Hall–Kier alpha value is -1.25. The number of likely N-dealkylation sites (N-methyl/N-ethyl adjacent to an activating group) is 1. The van der Waals surface area contributed by atoms with Gasteiger partial charge in [0.15, 0.2) is 6.10 Å². The van der Waals surface area contributed by atoms with Gasteiger partial charge in [-0.2, -0.15) is 0 Å². The normalized spacial score (nSPS) is 13.8. The van der Waals surface area contributed by atoms with Crippen LogP contribution in [-0.2, 0) is 32.7 Å². The highest BCUT2D eigenvalue weighted by atomic mass is 31.2. The molecule has 0 N–H and O–H groups in total. The standard InChI is InChI=1S/C40H78NO8P/c1-6-8-10-12-14-16-18-20-22-24-26-28-30-32-39(42)46-36-38(37-48-50(44,45)47-35-34-41(3,4)5)49-40(43)33-31-29-27-25-23-21-19-17-15-13-11-9-7-2/h21,23,38H,6-20,22,24-37H2,1-5H3/b23-21+/t38-/m1/s1. The first-order chi connectivity index (χ1) is 24.0. The third-order valence-electron chi connectivity index (χ3n) is 8.79. The van der Waals surface area contributed by atoms with Gasteiger partial charge in [0, 0.05) is 12.8 Å². The summed E-state index contributed by atoms with van der Waals surface area (Å²) in [5.41, 5.74) is 0. The highest BCUT2D eigenvalue weighted by molar-refractivity contribution is 7.45. The van der Waals surface area contributed by atoms with Crippen LogP contribution in [0.25, 0.3) is 0 Å². The van der Waals surface area contributed by atoms with Crippen LogP contribution in [0.1, 0.15) is 181 Å². The molecule has 0 aliphatic carbocycles. The molecule has 0 aromatic rings. The molecule has 10 heteroatoms. The summed E-state index contributed by atoms with van der Waals surface area (Å²) in [4.78, 5) is 37.4. The number of quaternary nitrogens is 1. The summed E-state index contributed by atoms with van der Waals surface area (Å²) in [5, 5.41) is 0. The van der Waals surface area contributed by atoms with Gasteiger partial charge in [-0.15, -0.1) is 0 Å². The Bertz CT molecular complexity index is 876. The fourth-order valence-corrected chi connectivity index (χ4v) is 6.26. The van der Waals surface area contributed by atoms with Crippen molar-refractivity contribution in [3.63, 3.8) is 0 Å². The van der Waals surface area contributed by atoms with Crippen molar-refractivity contribution in [2.24, 2.45) is 0 Å². The van der Waals surface area contributed by atoms with Crippen LogP contribution in [0.15, 0.2) is 12.2 Å². The van der Waals surface area contributed by atoms with Gasteiger partial charge in [0.1, 0.15) is 19.8 Å². The van der Waals surface area contributed by atoms with Crippen LogP contribution in [0.5, 0.6) is 0 Å². The van der Waals surface area contributed by atoms with E-state index in [4.69, 9.17) is 18.5 Å². The first-order valence-electron chi connectivity index (χ1n) is 20.4. The fraction of sp³-hybridized carbons (Fsp3) is 0.900. The molecule has 0 radical (unpaired) electrons. The second-order valence-corrected chi connectivity index (χ2v) is 16.4. The summed E-state index contributed by atoms with van der Waals surface area (Å²) in [6.07, 6.45) is 32.3. The molecule has 0 aliphatic heterocycles. The summed E-state index contributed by atoms with van der Waals surface area (Å²) in [6, 6.07) is 0. The number of rotatable bonds is 37. The Morgan fingerprint density at radius 2 is 1.02 bits per heavy atom. The molecule has 0 amide bonds. The second-order valence-electron chi connectivity index (χ2n) is 15.0. The van der Waals surface area contributed by atoms with Gasteiger partial charge in [-0.3, -0.25) is 14.2 Å². The predicted octanol–water partition coefficient (Wildman–Crippen LogP) is 10.4. The van der Waals surface area contributed by atoms with Crippen LogP contribution < -0.4 is 4.89 Å². The number of esters is 2. The number of hydrogen-bond acceptors (Lipinski definition) is 8. The lowest BCUT2D eigenvalue weighted by Gasteiger charge is -2.28. The molecule has 0 aliphatic rings. The van der Waals surface area contributed by atoms with E-state index in [9.17, 15) is 19.0 Å². The lowest BCUT2D eigenvalue weighted by molar-refractivity contribution is -0.870. The number of carbonyl (C=O) groups excluding carboxylic acids is 2. The number of phosphoric acid groups is 1. The number of hydrogen-bond donors (Lipinski definition) is 0. The average Bonchev–Trinajstić information content (AvgIpc) is 3.06. The maximum atomic E-state index is 12.6. The van der Waals surface area contributed by atoms with E-state index in [0.29, 0.717) is 17.4 Å². The van der Waals surface area contributed by atoms with Gasteiger partial charge < -0.3 is 27.9 Å². The molecule has 0 saturated heterocycles. The molecule has 1 unspecified atom stereocenters. The van der Waals surface area contributed by atoms with Crippen LogP contribution in [0, 0.1) is 0 Å². The predicted molar refractivity (Wildman–Crippen MR) is 204 cm³/mol. The van der Waals surface area contributed by atoms with Crippen molar-refractivity contribution in [1.29, 1.82) is 0 Å². The molecule has 2 atom stereocenters. The number of nitrogens with zero attached hydrogens (tertiary/aromatic N) is 1. The molecule has 9 nitrogen and oxygen atoms in total. The van der Waals surface area contributed by atoms with Gasteiger partial charge >= 0.3 is 11.9 Å². The zero-order valence-electron chi connectivity index (χ0n) is 33.1. The van der Waals surface area contributed by atoms with Crippen LogP contribution in [-0.4, -0.2) is 70.0 Å². The minimum absolute atomic E-state index is 0.0307. The van der Waals surface area contributed by atoms with Gasteiger partial charge in [0.05, 0.1) is 27.7 Å². The van der Waals surface area contributed by atoms with Crippen molar-refractivity contribution in [2.45, 2.75) is 187 Å². The molecular weight excluding hydrogens is 653 g/mol. The van der Waals surface area contributed by atoms with Gasteiger partial charge in [0.2, 0.25) is 0 Å². The Morgan fingerprint density at radius 1 is 0.600 bits per heavy atom. The van der Waals surface area contributed by atoms with E-state index >= 15 is 0 Å². The SMILES string of the molecule is CCCCCCCC/C=C/CCCCCC(=O)O[C@H](COC(=O)CCCCCCCCCCCCCCC)COP(=O)([O-])OCC[N+](C)(C)C. The smallest absolute Gasteiger partial charge is 0.306 e. The summed E-state index contributed by atoms with van der Waals surface area (Å²) in [7, 11) is 1.16. The monoisotopic (exact) mass is 732 g/mol. The van der Waals surface area contributed by atoms with Crippen molar-refractivity contribution in [3.8, 4) is 0 Å². The van der Waals surface area contributed by atoms with E-state index in [1.54, 1.807) is 0 Å². The van der Waals surface area contributed by atoms with Crippen LogP contribution in [0.2, 0.25) is 0 Å². The molecule has 0 rings (SSSR count). The van der Waals surface area contributed by atoms with Gasteiger partial charge in [-0.25, -0.2) is 0 Å². The maximum absolute atomic E-state index is 12.6. The topological polar surface area (TPSA) is 111 Å². The summed E-state index contributed by atoms with van der Waals surface area (Å²) >= 11 is 0. The van der Waals surface area contributed by atoms with E-state index in [1.807, 2.05) is 21.1 Å². The van der Waals surface area contributed by atoms with Crippen LogP contribution in [0.3, 0.4) is 0 Å². The minimum atomic E-state index is -4.62. The van der Waals surface area contributed by atoms with E-state index in [0.717, 1.165) is 44.9 Å². The van der Waals surface area contributed by atoms with E-state index in [2.05, 4.69) is 26.0 Å². The van der Waals surface area contributed by atoms with Crippen molar-refractivity contribution < 1.29 is 42.1 Å². The Labute approximate surface area is 307 Å². The minimum Gasteiger partial charge on any atom is -0.756 e. The lowest BCUT2D eigenvalue weighted by Crippen LogP contribution is -2.37. The maximum Gasteiger partial charge on any atom is 0.306 e. The quantitative estimate of drug-likeness (QED) is 0.0204. The van der Waals surface area contributed by atoms with Crippen molar-refractivity contribution in [2.75, 3.05) is 47.5 Å². The first-order valence-corrected chi connectivity index (χ1v) is 21.9. The summed E-state index contributed by atoms with van der Waals surface area (Å²) in [6.45, 7) is 4.20. The van der Waals surface area contributed by atoms with Crippen LogP contribution >= 0.6 is 7.82 Å². The third kappa shape index (κ3) is 36.5. The van der Waals surface area contributed by atoms with E-state index in [1.165, 1.54) is 103 Å². The van der Waals surface area contributed by atoms with Gasteiger partial charge in [-0.1, -0.05) is 142 Å².